The van der Waals surface area contributed by atoms with Crippen molar-refractivity contribution in [3.63, 3.8) is 0 Å². The van der Waals surface area contributed by atoms with Crippen LogP contribution in [-0.4, -0.2) is 20.1 Å². The summed E-state index contributed by atoms with van der Waals surface area (Å²) in [4.78, 5) is 11.0. The highest BCUT2D eigenvalue weighted by atomic mass is 16.5. The highest BCUT2D eigenvalue weighted by Gasteiger charge is 2.02. The first-order valence-electron chi connectivity index (χ1n) is 6.90. The summed E-state index contributed by atoms with van der Waals surface area (Å²) < 4.78 is 10.5. The van der Waals surface area contributed by atoms with Crippen LogP contribution in [0.25, 0.3) is 12.2 Å². The fraction of sp³-hybridized carbons (Fsp3) is 0.167. The van der Waals surface area contributed by atoms with Crippen LogP contribution < -0.4 is 14.8 Å². The van der Waals surface area contributed by atoms with Crippen LogP contribution in [0.3, 0.4) is 0 Å². The SMILES string of the molecule is COc1ccc(/C=C/c2ccc(NC(C)=O)cc2)cc1OC. The van der Waals surface area contributed by atoms with E-state index >= 15 is 0 Å². The molecule has 114 valence electrons. The zero-order valence-electron chi connectivity index (χ0n) is 12.9. The Kier molecular flexibility index (Phi) is 5.20. The molecular formula is C18H19NO3. The Labute approximate surface area is 130 Å². The Bertz CT molecular complexity index is 675. The molecule has 0 radical (unpaired) electrons. The van der Waals surface area contributed by atoms with Gasteiger partial charge < -0.3 is 14.8 Å². The molecule has 0 heterocycles. The molecule has 22 heavy (non-hydrogen) atoms. The Balaban J connectivity index is 2.12. The van der Waals surface area contributed by atoms with Gasteiger partial charge >= 0.3 is 0 Å². The minimum atomic E-state index is -0.0754. The van der Waals surface area contributed by atoms with Gasteiger partial charge in [0.25, 0.3) is 0 Å². The van der Waals surface area contributed by atoms with E-state index in [1.807, 2.05) is 54.6 Å². The second-order valence-corrected chi connectivity index (χ2v) is 4.75. The van der Waals surface area contributed by atoms with Crippen molar-refractivity contribution >= 4 is 23.7 Å². The molecule has 1 N–H and O–H groups in total. The summed E-state index contributed by atoms with van der Waals surface area (Å²) in [6.07, 6.45) is 3.99. The van der Waals surface area contributed by atoms with E-state index in [0.717, 1.165) is 16.8 Å². The second kappa shape index (κ2) is 7.31. The molecule has 2 aromatic rings. The normalized spacial score (nSPS) is 10.5. The lowest BCUT2D eigenvalue weighted by Gasteiger charge is -2.07. The van der Waals surface area contributed by atoms with Crippen LogP contribution in [-0.2, 0) is 4.79 Å². The number of rotatable bonds is 5. The molecular weight excluding hydrogens is 278 g/mol. The molecule has 1 amide bonds. The summed E-state index contributed by atoms with van der Waals surface area (Å²) in [6.45, 7) is 1.49. The molecule has 0 aliphatic rings. The first-order chi connectivity index (χ1) is 10.6. The van der Waals surface area contributed by atoms with E-state index in [4.69, 9.17) is 9.47 Å². The van der Waals surface area contributed by atoms with E-state index in [1.165, 1.54) is 6.92 Å². The third kappa shape index (κ3) is 4.12. The Morgan fingerprint density at radius 3 is 2.09 bits per heavy atom. The maximum atomic E-state index is 11.0. The average molecular weight is 297 g/mol. The van der Waals surface area contributed by atoms with Crippen LogP contribution in [0.1, 0.15) is 18.1 Å². The minimum Gasteiger partial charge on any atom is -0.493 e. The molecule has 0 aliphatic carbocycles. The lowest BCUT2D eigenvalue weighted by molar-refractivity contribution is -0.114. The van der Waals surface area contributed by atoms with Crippen LogP contribution in [0, 0.1) is 0 Å². The van der Waals surface area contributed by atoms with Gasteiger partial charge in [-0.05, 0) is 35.4 Å². The molecule has 4 heteroatoms. The Morgan fingerprint density at radius 1 is 0.909 bits per heavy atom. The highest BCUT2D eigenvalue weighted by Crippen LogP contribution is 2.28. The van der Waals surface area contributed by atoms with Gasteiger partial charge in [-0.3, -0.25) is 4.79 Å². The van der Waals surface area contributed by atoms with E-state index in [9.17, 15) is 4.79 Å². The van der Waals surface area contributed by atoms with Gasteiger partial charge in [-0.1, -0.05) is 30.4 Å². The molecule has 0 saturated heterocycles. The van der Waals surface area contributed by atoms with Crippen LogP contribution in [0.15, 0.2) is 42.5 Å². The summed E-state index contributed by atoms with van der Waals surface area (Å²) >= 11 is 0. The monoisotopic (exact) mass is 297 g/mol. The summed E-state index contributed by atoms with van der Waals surface area (Å²) in [5.74, 6) is 1.33. The standard InChI is InChI=1S/C18H19NO3/c1-13(20)19-16-9-6-14(7-10-16)4-5-15-8-11-17(21-2)18(12-15)22-3/h4-12H,1-3H3,(H,19,20)/b5-4+. The van der Waals surface area contributed by atoms with Gasteiger partial charge in [0.2, 0.25) is 5.91 Å². The van der Waals surface area contributed by atoms with E-state index in [2.05, 4.69) is 5.32 Å². The smallest absolute Gasteiger partial charge is 0.221 e. The van der Waals surface area contributed by atoms with Gasteiger partial charge in [0.05, 0.1) is 14.2 Å². The second-order valence-electron chi connectivity index (χ2n) is 4.75. The molecule has 2 rings (SSSR count). The van der Waals surface area contributed by atoms with Gasteiger partial charge in [0.1, 0.15) is 0 Å². The molecule has 0 aliphatic heterocycles. The third-order valence-corrected chi connectivity index (χ3v) is 3.11. The number of hydrogen-bond donors (Lipinski definition) is 1. The van der Waals surface area contributed by atoms with Crippen LogP contribution >= 0.6 is 0 Å². The van der Waals surface area contributed by atoms with E-state index < -0.39 is 0 Å². The van der Waals surface area contributed by atoms with Gasteiger partial charge in [-0.25, -0.2) is 0 Å². The van der Waals surface area contributed by atoms with Gasteiger partial charge in [-0.15, -0.1) is 0 Å². The number of nitrogens with one attached hydrogen (secondary N) is 1. The molecule has 2 aromatic carbocycles. The number of benzene rings is 2. The Morgan fingerprint density at radius 2 is 1.50 bits per heavy atom. The topological polar surface area (TPSA) is 47.6 Å². The van der Waals surface area contributed by atoms with Crippen molar-refractivity contribution in [2.24, 2.45) is 0 Å². The molecule has 0 aromatic heterocycles. The zero-order chi connectivity index (χ0) is 15.9. The largest absolute Gasteiger partial charge is 0.493 e. The zero-order valence-corrected chi connectivity index (χ0v) is 12.9. The van der Waals surface area contributed by atoms with Crippen molar-refractivity contribution in [3.05, 3.63) is 53.6 Å². The van der Waals surface area contributed by atoms with Crippen LogP contribution in [0.2, 0.25) is 0 Å². The van der Waals surface area contributed by atoms with Gasteiger partial charge in [0, 0.05) is 12.6 Å². The van der Waals surface area contributed by atoms with Gasteiger partial charge in [0.15, 0.2) is 11.5 Å². The third-order valence-electron chi connectivity index (χ3n) is 3.11. The quantitative estimate of drug-likeness (QED) is 0.853. The lowest BCUT2D eigenvalue weighted by atomic mass is 10.1. The molecule has 0 spiro atoms. The van der Waals surface area contributed by atoms with Crippen molar-refractivity contribution in [2.45, 2.75) is 6.92 Å². The number of amides is 1. The number of carbonyl (C=O) groups excluding carboxylic acids is 1. The number of anilines is 1. The molecule has 0 bridgehead atoms. The molecule has 4 nitrogen and oxygen atoms in total. The highest BCUT2D eigenvalue weighted by molar-refractivity contribution is 5.88. The summed E-state index contributed by atoms with van der Waals surface area (Å²) in [5.41, 5.74) is 2.85. The maximum absolute atomic E-state index is 11.0. The van der Waals surface area contributed by atoms with Crippen molar-refractivity contribution < 1.29 is 14.3 Å². The number of ether oxygens (including phenoxy) is 2. The number of hydrogen-bond acceptors (Lipinski definition) is 3. The fourth-order valence-electron chi connectivity index (χ4n) is 2.03. The van der Waals surface area contributed by atoms with Gasteiger partial charge in [-0.2, -0.15) is 0 Å². The van der Waals surface area contributed by atoms with Crippen LogP contribution in [0.5, 0.6) is 11.5 Å². The number of carbonyl (C=O) groups is 1. The number of methoxy groups -OCH3 is 2. The van der Waals surface area contributed by atoms with Crippen LogP contribution in [0.4, 0.5) is 5.69 Å². The first-order valence-corrected chi connectivity index (χ1v) is 6.90. The molecule has 0 atom stereocenters. The van der Waals surface area contributed by atoms with E-state index in [-0.39, 0.29) is 5.91 Å². The molecule has 0 unspecified atom stereocenters. The molecule has 0 saturated carbocycles. The predicted molar refractivity (Wildman–Crippen MR) is 89.2 cm³/mol. The summed E-state index contributed by atoms with van der Waals surface area (Å²) in [7, 11) is 3.23. The van der Waals surface area contributed by atoms with Crippen molar-refractivity contribution in [2.75, 3.05) is 19.5 Å². The average Bonchev–Trinajstić information content (AvgIpc) is 2.53. The molecule has 0 fully saturated rings. The van der Waals surface area contributed by atoms with Crippen molar-refractivity contribution in [1.82, 2.24) is 0 Å². The lowest BCUT2D eigenvalue weighted by Crippen LogP contribution is -2.05. The predicted octanol–water partition coefficient (Wildman–Crippen LogP) is 3.83. The summed E-state index contributed by atoms with van der Waals surface area (Å²) in [5, 5.41) is 2.74. The van der Waals surface area contributed by atoms with Crippen molar-refractivity contribution in [1.29, 1.82) is 0 Å². The van der Waals surface area contributed by atoms with E-state index in [0.29, 0.717) is 11.5 Å². The summed E-state index contributed by atoms with van der Waals surface area (Å²) in [6, 6.07) is 13.4. The maximum Gasteiger partial charge on any atom is 0.221 e. The fourth-order valence-corrected chi connectivity index (χ4v) is 2.03. The first kappa shape index (κ1) is 15.6. The Hall–Kier alpha value is -2.75. The minimum absolute atomic E-state index is 0.0754. The van der Waals surface area contributed by atoms with Crippen molar-refractivity contribution in [3.8, 4) is 11.5 Å². The van der Waals surface area contributed by atoms with E-state index in [1.54, 1.807) is 14.2 Å².